The summed E-state index contributed by atoms with van der Waals surface area (Å²) in [6.07, 6.45) is 13.3. The standard InChI is InChI=1S/C12H26O.H2O4S/c1-2-3-4-5-6-7-8-9-10-11-12-13;1-5(2,3)4/h13H,2-12H2,1H3;(H2,1,2,3,4)/p-2. The van der Waals surface area contributed by atoms with Gasteiger partial charge >= 0.3 is 0 Å². The maximum absolute atomic E-state index is 8.57. The highest BCUT2D eigenvalue weighted by atomic mass is 32.3. The van der Waals surface area contributed by atoms with E-state index >= 15 is 0 Å². The topological polar surface area (TPSA) is 100 Å². The fraction of sp³-hybridized carbons (Fsp3) is 1.00. The Hall–Kier alpha value is -0.170. The minimum absolute atomic E-state index is 0.372. The third kappa shape index (κ3) is 36.0. The van der Waals surface area contributed by atoms with E-state index in [0.29, 0.717) is 6.61 Å². The lowest BCUT2D eigenvalue weighted by atomic mass is 10.1. The molecular formula is C12H26O5S-2. The van der Waals surface area contributed by atoms with Crippen molar-refractivity contribution in [3.8, 4) is 0 Å². The van der Waals surface area contributed by atoms with Crippen molar-refractivity contribution in [3.63, 3.8) is 0 Å². The molecule has 0 aromatic rings. The minimum atomic E-state index is -5.17. The van der Waals surface area contributed by atoms with Gasteiger partial charge < -0.3 is 14.2 Å². The molecule has 0 aliphatic heterocycles. The van der Waals surface area contributed by atoms with Gasteiger partial charge in [-0.25, -0.2) is 0 Å². The first-order valence-electron chi connectivity index (χ1n) is 6.69. The Labute approximate surface area is 111 Å². The molecule has 0 bridgehead atoms. The van der Waals surface area contributed by atoms with Crippen LogP contribution in [0.25, 0.3) is 0 Å². The predicted molar refractivity (Wildman–Crippen MR) is 69.4 cm³/mol. The molecule has 0 aromatic heterocycles. The fourth-order valence-corrected chi connectivity index (χ4v) is 1.60. The van der Waals surface area contributed by atoms with Crippen molar-refractivity contribution < 1.29 is 22.6 Å². The summed E-state index contributed by atoms with van der Waals surface area (Å²) in [6.45, 7) is 2.63. The molecule has 0 unspecified atom stereocenters. The van der Waals surface area contributed by atoms with Crippen molar-refractivity contribution in [3.05, 3.63) is 0 Å². The molecule has 0 spiro atoms. The zero-order valence-electron chi connectivity index (χ0n) is 11.3. The second kappa shape index (κ2) is 14.9. The normalized spacial score (nSPS) is 10.9. The van der Waals surface area contributed by atoms with Crippen LogP contribution in [0.4, 0.5) is 0 Å². The molecular weight excluding hydrogens is 256 g/mol. The smallest absolute Gasteiger partial charge is 0.0431 e. The quantitative estimate of drug-likeness (QED) is 0.377. The first-order chi connectivity index (χ1) is 8.41. The average Bonchev–Trinajstić information content (AvgIpc) is 2.25. The Morgan fingerprint density at radius 3 is 1.33 bits per heavy atom. The van der Waals surface area contributed by atoms with Gasteiger partial charge in [0.15, 0.2) is 0 Å². The van der Waals surface area contributed by atoms with Crippen LogP contribution in [0, 0.1) is 0 Å². The van der Waals surface area contributed by atoms with Crippen molar-refractivity contribution in [2.24, 2.45) is 0 Å². The van der Waals surface area contributed by atoms with E-state index in [4.69, 9.17) is 22.6 Å². The van der Waals surface area contributed by atoms with Crippen LogP contribution in [0.5, 0.6) is 0 Å². The zero-order valence-corrected chi connectivity index (χ0v) is 12.1. The number of unbranched alkanes of at least 4 members (excludes halogenated alkanes) is 9. The second-order valence-electron chi connectivity index (χ2n) is 4.31. The summed E-state index contributed by atoms with van der Waals surface area (Å²) in [5.41, 5.74) is 0. The molecule has 0 saturated heterocycles. The van der Waals surface area contributed by atoms with Crippen LogP contribution in [-0.4, -0.2) is 29.2 Å². The SMILES string of the molecule is CCCCCCCCCCCCO.O=S(=O)([O-])[O-]. The molecule has 0 amide bonds. The summed E-state index contributed by atoms with van der Waals surface area (Å²) in [5, 5.41) is 8.57. The Balaban J connectivity index is 0. The van der Waals surface area contributed by atoms with Crippen LogP contribution < -0.4 is 0 Å². The van der Waals surface area contributed by atoms with Crippen molar-refractivity contribution >= 4 is 10.4 Å². The lowest BCUT2D eigenvalue weighted by Gasteiger charge is -2.06. The molecule has 112 valence electrons. The maximum Gasteiger partial charge on any atom is 0.0431 e. The van der Waals surface area contributed by atoms with Gasteiger partial charge in [0.1, 0.15) is 0 Å². The summed E-state index contributed by atoms with van der Waals surface area (Å²) in [6, 6.07) is 0. The molecule has 1 N–H and O–H groups in total. The fourth-order valence-electron chi connectivity index (χ4n) is 1.60. The Kier molecular flexibility index (Phi) is 16.7. The van der Waals surface area contributed by atoms with Gasteiger partial charge in [-0.15, -0.1) is 0 Å². The molecule has 0 atom stereocenters. The first-order valence-corrected chi connectivity index (χ1v) is 8.02. The molecule has 0 radical (unpaired) electrons. The van der Waals surface area contributed by atoms with Crippen molar-refractivity contribution in [2.45, 2.75) is 71.1 Å². The molecule has 0 aliphatic carbocycles. The molecule has 0 rings (SSSR count). The van der Waals surface area contributed by atoms with Crippen LogP contribution >= 0.6 is 0 Å². The molecule has 0 aromatic carbocycles. The van der Waals surface area contributed by atoms with Crippen molar-refractivity contribution in [2.75, 3.05) is 6.61 Å². The van der Waals surface area contributed by atoms with Gasteiger partial charge in [-0.2, -0.15) is 0 Å². The molecule has 18 heavy (non-hydrogen) atoms. The van der Waals surface area contributed by atoms with Gasteiger partial charge in [0, 0.05) is 17.0 Å². The molecule has 0 heterocycles. The van der Waals surface area contributed by atoms with Crippen LogP contribution in [0.3, 0.4) is 0 Å². The lowest BCUT2D eigenvalue weighted by molar-refractivity contribution is 0.282. The van der Waals surface area contributed by atoms with E-state index in [1.165, 1.54) is 57.8 Å². The highest BCUT2D eigenvalue weighted by Crippen LogP contribution is 2.09. The zero-order chi connectivity index (χ0) is 14.3. The monoisotopic (exact) mass is 282 g/mol. The van der Waals surface area contributed by atoms with E-state index in [0.717, 1.165) is 6.42 Å². The van der Waals surface area contributed by atoms with E-state index < -0.39 is 10.4 Å². The molecule has 0 fully saturated rings. The van der Waals surface area contributed by atoms with Gasteiger partial charge in [-0.05, 0) is 6.42 Å². The lowest BCUT2D eigenvalue weighted by Crippen LogP contribution is -1.91. The maximum atomic E-state index is 8.57. The van der Waals surface area contributed by atoms with Crippen LogP contribution in [-0.2, 0) is 10.4 Å². The third-order valence-electron chi connectivity index (χ3n) is 2.51. The van der Waals surface area contributed by atoms with E-state index in [1.54, 1.807) is 0 Å². The Morgan fingerprint density at radius 1 is 0.778 bits per heavy atom. The summed E-state index contributed by atoms with van der Waals surface area (Å²) in [4.78, 5) is 0. The summed E-state index contributed by atoms with van der Waals surface area (Å²) in [5.74, 6) is 0. The number of aliphatic hydroxyl groups excluding tert-OH is 1. The van der Waals surface area contributed by atoms with E-state index in [1.807, 2.05) is 0 Å². The van der Waals surface area contributed by atoms with Gasteiger partial charge in [-0.3, -0.25) is 8.42 Å². The van der Waals surface area contributed by atoms with E-state index in [2.05, 4.69) is 6.92 Å². The van der Waals surface area contributed by atoms with Crippen molar-refractivity contribution in [1.82, 2.24) is 0 Å². The Morgan fingerprint density at radius 2 is 1.06 bits per heavy atom. The summed E-state index contributed by atoms with van der Waals surface area (Å²) in [7, 11) is -5.17. The molecule has 6 heteroatoms. The van der Waals surface area contributed by atoms with Crippen LogP contribution in [0.15, 0.2) is 0 Å². The van der Waals surface area contributed by atoms with Gasteiger partial charge in [0.2, 0.25) is 0 Å². The molecule has 0 aliphatic rings. The van der Waals surface area contributed by atoms with Gasteiger partial charge in [0.05, 0.1) is 0 Å². The average molecular weight is 282 g/mol. The number of hydrogen-bond donors (Lipinski definition) is 1. The number of aliphatic hydroxyl groups is 1. The third-order valence-corrected chi connectivity index (χ3v) is 2.51. The predicted octanol–water partition coefficient (Wildman–Crippen LogP) is 2.56. The van der Waals surface area contributed by atoms with Crippen LogP contribution in [0.1, 0.15) is 71.1 Å². The first kappa shape index (κ1) is 20.2. The van der Waals surface area contributed by atoms with E-state index in [9.17, 15) is 0 Å². The second-order valence-corrected chi connectivity index (χ2v) is 5.13. The van der Waals surface area contributed by atoms with E-state index in [-0.39, 0.29) is 0 Å². The summed E-state index contributed by atoms with van der Waals surface area (Å²) >= 11 is 0. The summed E-state index contributed by atoms with van der Waals surface area (Å²) < 4.78 is 34.1. The largest absolute Gasteiger partial charge is 0.759 e. The van der Waals surface area contributed by atoms with Crippen LogP contribution in [0.2, 0.25) is 0 Å². The van der Waals surface area contributed by atoms with Crippen molar-refractivity contribution in [1.29, 1.82) is 0 Å². The number of rotatable bonds is 10. The highest BCUT2D eigenvalue weighted by molar-refractivity contribution is 7.79. The highest BCUT2D eigenvalue weighted by Gasteiger charge is 1.91. The van der Waals surface area contributed by atoms with Gasteiger partial charge in [0.25, 0.3) is 0 Å². The minimum Gasteiger partial charge on any atom is -0.759 e. The molecule has 5 nitrogen and oxygen atoms in total. The van der Waals surface area contributed by atoms with Gasteiger partial charge in [-0.1, -0.05) is 64.7 Å². The molecule has 0 saturated carbocycles. The Bertz CT molecular complexity index is 221. The number of hydrogen-bond acceptors (Lipinski definition) is 5.